The highest BCUT2D eigenvalue weighted by atomic mass is 19.1. The lowest BCUT2D eigenvalue weighted by Gasteiger charge is -2.33. The summed E-state index contributed by atoms with van der Waals surface area (Å²) in [5.41, 5.74) is -0.750. The smallest absolute Gasteiger partial charge is 0.269 e. The maximum atomic E-state index is 14.2. The first-order valence-electron chi connectivity index (χ1n) is 7.31. The van der Waals surface area contributed by atoms with Gasteiger partial charge in [-0.05, 0) is 37.1 Å². The molecule has 0 heterocycles. The molecule has 122 valence electrons. The standard InChI is InChI=1S/C17H17F2NO3/c1-3-17(4-2,15-10-5-12(18)11-16(15)19)23-14-8-6-13(7-9-14)20(21)22/h5-11H,3-4H2,1-2H3. The number of ether oxygens (including phenoxy) is 1. The Morgan fingerprint density at radius 2 is 1.70 bits per heavy atom. The molecule has 0 radical (unpaired) electrons. The molecule has 0 spiro atoms. The Kier molecular flexibility index (Phi) is 4.93. The fraction of sp³-hybridized carbons (Fsp3) is 0.294. The van der Waals surface area contributed by atoms with Crippen LogP contribution in [0.15, 0.2) is 42.5 Å². The fourth-order valence-electron chi connectivity index (χ4n) is 2.55. The highest BCUT2D eigenvalue weighted by molar-refractivity contribution is 5.37. The molecule has 2 aromatic carbocycles. The molecule has 0 unspecified atom stereocenters. The van der Waals surface area contributed by atoms with Crippen LogP contribution in [0.4, 0.5) is 14.5 Å². The molecule has 2 aromatic rings. The van der Waals surface area contributed by atoms with Crippen molar-refractivity contribution in [1.82, 2.24) is 0 Å². The summed E-state index contributed by atoms with van der Waals surface area (Å²) in [7, 11) is 0. The first kappa shape index (κ1) is 16.9. The second-order valence-electron chi connectivity index (χ2n) is 5.18. The summed E-state index contributed by atoms with van der Waals surface area (Å²) in [6, 6.07) is 8.99. The predicted molar refractivity (Wildman–Crippen MR) is 82.3 cm³/mol. The Hall–Kier alpha value is -2.50. The van der Waals surface area contributed by atoms with Crippen molar-refractivity contribution in [3.63, 3.8) is 0 Å². The molecule has 2 rings (SSSR count). The molecule has 4 nitrogen and oxygen atoms in total. The number of halogens is 2. The lowest BCUT2D eigenvalue weighted by molar-refractivity contribution is -0.384. The largest absolute Gasteiger partial charge is 0.482 e. The summed E-state index contributed by atoms with van der Waals surface area (Å²) in [6.07, 6.45) is 0.923. The quantitative estimate of drug-likeness (QED) is 0.557. The van der Waals surface area contributed by atoms with Crippen LogP contribution in [-0.2, 0) is 5.60 Å². The number of benzene rings is 2. The Labute approximate surface area is 132 Å². The number of non-ortho nitro benzene ring substituents is 1. The van der Waals surface area contributed by atoms with Crippen molar-refractivity contribution < 1.29 is 18.4 Å². The molecular weight excluding hydrogens is 304 g/mol. The van der Waals surface area contributed by atoms with Gasteiger partial charge in [-0.2, -0.15) is 0 Å². The average Bonchev–Trinajstić information content (AvgIpc) is 2.53. The first-order valence-corrected chi connectivity index (χ1v) is 7.31. The zero-order valence-electron chi connectivity index (χ0n) is 12.9. The van der Waals surface area contributed by atoms with Gasteiger partial charge in [-0.15, -0.1) is 0 Å². The van der Waals surface area contributed by atoms with E-state index in [0.29, 0.717) is 18.6 Å². The number of nitrogens with zero attached hydrogens (tertiary/aromatic N) is 1. The van der Waals surface area contributed by atoms with E-state index < -0.39 is 22.2 Å². The molecule has 0 aliphatic heterocycles. The second kappa shape index (κ2) is 6.73. The minimum atomic E-state index is -0.964. The summed E-state index contributed by atoms with van der Waals surface area (Å²) >= 11 is 0. The molecule has 0 aromatic heterocycles. The Morgan fingerprint density at radius 3 is 2.17 bits per heavy atom. The number of hydrogen-bond acceptors (Lipinski definition) is 3. The summed E-state index contributed by atoms with van der Waals surface area (Å²) < 4.78 is 33.3. The highest BCUT2D eigenvalue weighted by Crippen LogP contribution is 2.36. The fourth-order valence-corrected chi connectivity index (χ4v) is 2.55. The van der Waals surface area contributed by atoms with Crippen LogP contribution in [0, 0.1) is 21.7 Å². The van der Waals surface area contributed by atoms with E-state index in [1.54, 1.807) is 0 Å². The topological polar surface area (TPSA) is 52.4 Å². The molecule has 0 amide bonds. The minimum Gasteiger partial charge on any atom is -0.482 e. The third-order valence-corrected chi connectivity index (χ3v) is 3.92. The molecule has 0 fully saturated rings. The number of rotatable bonds is 6. The van der Waals surface area contributed by atoms with Gasteiger partial charge in [0.05, 0.1) is 4.92 Å². The molecule has 0 aliphatic carbocycles. The van der Waals surface area contributed by atoms with E-state index in [0.717, 1.165) is 6.07 Å². The second-order valence-corrected chi connectivity index (χ2v) is 5.18. The van der Waals surface area contributed by atoms with Crippen molar-refractivity contribution in [2.24, 2.45) is 0 Å². The van der Waals surface area contributed by atoms with Crippen LogP contribution in [0.3, 0.4) is 0 Å². The third kappa shape index (κ3) is 3.47. The molecule has 0 atom stereocenters. The van der Waals surface area contributed by atoms with Crippen molar-refractivity contribution in [3.05, 3.63) is 69.8 Å². The zero-order chi connectivity index (χ0) is 17.0. The summed E-state index contributed by atoms with van der Waals surface area (Å²) in [6.45, 7) is 3.69. The van der Waals surface area contributed by atoms with Crippen LogP contribution in [0.2, 0.25) is 0 Å². The van der Waals surface area contributed by atoms with E-state index in [4.69, 9.17) is 4.74 Å². The highest BCUT2D eigenvalue weighted by Gasteiger charge is 2.34. The van der Waals surface area contributed by atoms with Crippen LogP contribution < -0.4 is 4.74 Å². The van der Waals surface area contributed by atoms with E-state index in [9.17, 15) is 18.9 Å². The molecule has 23 heavy (non-hydrogen) atoms. The number of nitro benzene ring substituents is 1. The molecule has 0 N–H and O–H groups in total. The van der Waals surface area contributed by atoms with Gasteiger partial charge in [0.2, 0.25) is 0 Å². The summed E-state index contributed by atoms with van der Waals surface area (Å²) in [4.78, 5) is 10.2. The van der Waals surface area contributed by atoms with Gasteiger partial charge in [0.15, 0.2) is 0 Å². The first-order chi connectivity index (χ1) is 10.9. The van der Waals surface area contributed by atoms with E-state index >= 15 is 0 Å². The van der Waals surface area contributed by atoms with Gasteiger partial charge < -0.3 is 4.74 Å². The monoisotopic (exact) mass is 321 g/mol. The average molecular weight is 321 g/mol. The van der Waals surface area contributed by atoms with E-state index in [1.807, 2.05) is 13.8 Å². The minimum absolute atomic E-state index is 0.0519. The molecule has 0 aliphatic rings. The third-order valence-electron chi connectivity index (χ3n) is 3.92. The van der Waals surface area contributed by atoms with Crippen molar-refractivity contribution in [2.45, 2.75) is 32.3 Å². The lowest BCUT2D eigenvalue weighted by atomic mass is 9.87. The van der Waals surface area contributed by atoms with Gasteiger partial charge in [0, 0.05) is 23.8 Å². The normalized spacial score (nSPS) is 11.3. The Balaban J connectivity index is 2.39. The summed E-state index contributed by atoms with van der Waals surface area (Å²) in [5, 5.41) is 10.7. The predicted octanol–water partition coefficient (Wildman–Crippen LogP) is 4.97. The maximum absolute atomic E-state index is 14.2. The van der Waals surface area contributed by atoms with Crippen molar-refractivity contribution >= 4 is 5.69 Å². The van der Waals surface area contributed by atoms with Gasteiger partial charge in [-0.1, -0.05) is 13.8 Å². The molecule has 0 saturated heterocycles. The van der Waals surface area contributed by atoms with Gasteiger partial charge in [0.25, 0.3) is 5.69 Å². The lowest BCUT2D eigenvalue weighted by Crippen LogP contribution is -2.33. The van der Waals surface area contributed by atoms with Crippen LogP contribution in [0.25, 0.3) is 0 Å². The maximum Gasteiger partial charge on any atom is 0.269 e. The van der Waals surface area contributed by atoms with Crippen LogP contribution in [-0.4, -0.2) is 4.92 Å². The van der Waals surface area contributed by atoms with Gasteiger partial charge >= 0.3 is 0 Å². The van der Waals surface area contributed by atoms with E-state index in [1.165, 1.54) is 36.4 Å². The van der Waals surface area contributed by atoms with Gasteiger partial charge in [-0.25, -0.2) is 8.78 Å². The van der Waals surface area contributed by atoms with Crippen LogP contribution in [0.1, 0.15) is 32.3 Å². The molecule has 6 heteroatoms. The van der Waals surface area contributed by atoms with E-state index in [-0.39, 0.29) is 11.3 Å². The van der Waals surface area contributed by atoms with Crippen LogP contribution in [0.5, 0.6) is 5.75 Å². The molecular formula is C17H17F2NO3. The van der Waals surface area contributed by atoms with Crippen molar-refractivity contribution in [2.75, 3.05) is 0 Å². The molecule has 0 bridgehead atoms. The Bertz CT molecular complexity index is 697. The SMILES string of the molecule is CCC(CC)(Oc1ccc([N+](=O)[O-])cc1)c1ccc(F)cc1F. The van der Waals surface area contributed by atoms with E-state index in [2.05, 4.69) is 0 Å². The van der Waals surface area contributed by atoms with Crippen molar-refractivity contribution in [3.8, 4) is 5.75 Å². The van der Waals surface area contributed by atoms with Crippen LogP contribution >= 0.6 is 0 Å². The number of hydrogen-bond donors (Lipinski definition) is 0. The number of nitro groups is 1. The summed E-state index contributed by atoms with van der Waals surface area (Å²) in [5.74, 6) is -0.929. The Morgan fingerprint density at radius 1 is 1.09 bits per heavy atom. The van der Waals surface area contributed by atoms with Gasteiger partial charge in [-0.3, -0.25) is 10.1 Å². The van der Waals surface area contributed by atoms with Crippen molar-refractivity contribution in [1.29, 1.82) is 0 Å². The molecule has 0 saturated carbocycles. The van der Waals surface area contributed by atoms with Gasteiger partial charge in [0.1, 0.15) is 23.0 Å². The zero-order valence-corrected chi connectivity index (χ0v) is 12.9.